The fourth-order valence-corrected chi connectivity index (χ4v) is 5.73. The zero-order valence-corrected chi connectivity index (χ0v) is 29.5. The second-order valence-corrected chi connectivity index (χ2v) is 14.5. The van der Waals surface area contributed by atoms with E-state index in [-0.39, 0.29) is 24.3 Å². The van der Waals surface area contributed by atoms with Crippen molar-refractivity contribution in [3.05, 3.63) is 71.3 Å². The van der Waals surface area contributed by atoms with Crippen molar-refractivity contribution in [1.29, 1.82) is 0 Å². The topological polar surface area (TPSA) is 140 Å². The van der Waals surface area contributed by atoms with Gasteiger partial charge in [0.2, 0.25) is 0 Å². The summed E-state index contributed by atoms with van der Waals surface area (Å²) < 4.78 is 53.3. The van der Waals surface area contributed by atoms with Crippen molar-refractivity contribution in [2.45, 2.75) is 91.1 Å². The lowest BCUT2D eigenvalue weighted by Crippen LogP contribution is -2.40. The van der Waals surface area contributed by atoms with E-state index < -0.39 is 58.7 Å². The van der Waals surface area contributed by atoms with E-state index >= 15 is 4.39 Å². The molecular formula is C35H43F2N3O8S. The van der Waals surface area contributed by atoms with Crippen LogP contribution in [0.5, 0.6) is 17.5 Å². The summed E-state index contributed by atoms with van der Waals surface area (Å²) in [6.07, 6.45) is -0.962. The second kappa shape index (κ2) is 15.3. The number of benzene rings is 2. The number of amides is 1. The molecule has 4 rings (SSSR count). The van der Waals surface area contributed by atoms with Gasteiger partial charge in [0.1, 0.15) is 17.0 Å². The molecule has 1 amide bonds. The van der Waals surface area contributed by atoms with Gasteiger partial charge in [0.05, 0.1) is 0 Å². The van der Waals surface area contributed by atoms with E-state index in [9.17, 15) is 24.2 Å². The maximum atomic E-state index is 15.1. The third-order valence-electron chi connectivity index (χ3n) is 6.86. The minimum Gasteiger partial charge on any atom is -0.460 e. The Bertz CT molecular complexity index is 1650. The fourth-order valence-electron chi connectivity index (χ4n) is 4.70. The highest BCUT2D eigenvalue weighted by Crippen LogP contribution is 2.39. The Labute approximate surface area is 289 Å². The molecule has 1 aromatic heterocycles. The first-order valence-corrected chi connectivity index (χ1v) is 16.8. The predicted octanol–water partition coefficient (Wildman–Crippen LogP) is 6.79. The van der Waals surface area contributed by atoms with E-state index in [1.807, 2.05) is 0 Å². The number of carbonyl (C=O) groups excluding carboxylic acids is 2. The Balaban J connectivity index is 1.69. The van der Waals surface area contributed by atoms with Crippen molar-refractivity contribution in [2.75, 3.05) is 12.3 Å². The monoisotopic (exact) mass is 703 g/mol. The predicted molar refractivity (Wildman–Crippen MR) is 180 cm³/mol. The van der Waals surface area contributed by atoms with Gasteiger partial charge >= 0.3 is 12.1 Å². The van der Waals surface area contributed by atoms with Crippen LogP contribution in [0, 0.1) is 11.6 Å². The molecule has 11 nitrogen and oxygen atoms in total. The van der Waals surface area contributed by atoms with E-state index in [2.05, 4.69) is 10.3 Å². The molecule has 2 heterocycles. The van der Waals surface area contributed by atoms with Gasteiger partial charge in [0, 0.05) is 30.5 Å². The number of nitrogens with zero attached hydrogens (tertiary/aromatic N) is 2. The van der Waals surface area contributed by atoms with Crippen LogP contribution in [-0.2, 0) is 26.7 Å². The maximum Gasteiger partial charge on any atom is 0.407 e. The molecule has 0 aliphatic carbocycles. The molecule has 3 aromatic rings. The van der Waals surface area contributed by atoms with Crippen molar-refractivity contribution in [2.24, 2.45) is 0 Å². The number of carbonyl (C=O) groups is 2. The largest absolute Gasteiger partial charge is 0.460 e. The number of hydrogen-bond donors (Lipinski definition) is 3. The Morgan fingerprint density at radius 3 is 2.29 bits per heavy atom. The Morgan fingerprint density at radius 1 is 0.959 bits per heavy atom. The molecule has 0 spiro atoms. The van der Waals surface area contributed by atoms with Crippen LogP contribution >= 0.6 is 11.9 Å². The molecule has 0 radical (unpaired) electrons. The molecule has 1 unspecified atom stereocenters. The first-order valence-electron chi connectivity index (χ1n) is 15.8. The molecule has 49 heavy (non-hydrogen) atoms. The summed E-state index contributed by atoms with van der Waals surface area (Å²) in [6.45, 7) is 12.5. The molecule has 1 fully saturated rings. The van der Waals surface area contributed by atoms with Gasteiger partial charge in [-0.15, -0.1) is 0 Å². The van der Waals surface area contributed by atoms with Crippen LogP contribution < -0.4 is 14.8 Å². The van der Waals surface area contributed by atoms with E-state index in [1.54, 1.807) is 78.8 Å². The maximum absolute atomic E-state index is 15.1. The highest BCUT2D eigenvalue weighted by atomic mass is 32.2. The molecular weight excluding hydrogens is 660 g/mol. The number of hydrogen-bond acceptors (Lipinski definition) is 11. The van der Waals surface area contributed by atoms with Crippen molar-refractivity contribution < 1.29 is 47.5 Å². The summed E-state index contributed by atoms with van der Waals surface area (Å²) in [4.78, 5) is 28.7. The molecule has 14 heteroatoms. The molecule has 266 valence electrons. The van der Waals surface area contributed by atoms with Crippen molar-refractivity contribution in [3.8, 4) is 28.6 Å². The van der Waals surface area contributed by atoms with Crippen molar-refractivity contribution in [3.63, 3.8) is 0 Å². The smallest absolute Gasteiger partial charge is 0.407 e. The van der Waals surface area contributed by atoms with E-state index in [4.69, 9.17) is 18.9 Å². The van der Waals surface area contributed by atoms with E-state index in [0.717, 1.165) is 6.42 Å². The first kappa shape index (κ1) is 37.8. The Hall–Kier alpha value is -3.98. The van der Waals surface area contributed by atoms with Gasteiger partial charge < -0.3 is 34.5 Å². The van der Waals surface area contributed by atoms with Crippen molar-refractivity contribution in [1.82, 2.24) is 14.6 Å². The lowest BCUT2D eigenvalue weighted by Gasteiger charge is -2.31. The van der Waals surface area contributed by atoms with Crippen LogP contribution in [0.1, 0.15) is 72.4 Å². The van der Waals surface area contributed by atoms with Gasteiger partial charge in [-0.2, -0.15) is 9.29 Å². The zero-order valence-electron chi connectivity index (χ0n) is 28.6. The molecule has 1 saturated heterocycles. The third-order valence-corrected chi connectivity index (χ3v) is 8.08. The standard InChI is InChI=1S/C35H43F2N3O8S/c1-8-28(31(41)47-33(2,3)4)46-30-27(37)19-26(36)29(39-30)45-25-17-23(16-24(18-25)35(43,44)40-13-10-14-49-40)22-12-9-11-21(15-22)20-38-32(42)48-34(5,6)7/h9,11-12,15-19,28,43-44H,8,10,13-14,20H2,1-7H3,(H,38,42). The minimum absolute atomic E-state index is 0.0154. The average Bonchev–Trinajstić information content (AvgIpc) is 3.55. The van der Waals surface area contributed by atoms with Crippen LogP contribution in [0.4, 0.5) is 13.6 Å². The third kappa shape index (κ3) is 10.5. The highest BCUT2D eigenvalue weighted by molar-refractivity contribution is 7.97. The summed E-state index contributed by atoms with van der Waals surface area (Å²) in [5.41, 5.74) is 0.309. The summed E-state index contributed by atoms with van der Waals surface area (Å²) in [7, 11) is 0. The quantitative estimate of drug-likeness (QED) is 0.111. The SMILES string of the molecule is CCC(Oc1nc(Oc2cc(-c3cccc(CNC(=O)OC(C)(C)C)c3)cc(C(O)(O)N3CCCS3)c2)c(F)cc1F)C(=O)OC(C)(C)C. The summed E-state index contributed by atoms with van der Waals surface area (Å²) in [5, 5.41) is 25.3. The number of aromatic nitrogens is 1. The number of halogens is 2. The first-order chi connectivity index (χ1) is 22.8. The molecule has 0 saturated carbocycles. The number of alkyl carbamates (subject to hydrolysis) is 1. The molecule has 2 aromatic carbocycles. The number of rotatable bonds is 11. The number of esters is 1. The summed E-state index contributed by atoms with van der Waals surface area (Å²) in [5.74, 6) is -6.21. The number of ether oxygens (including phenoxy) is 4. The number of nitrogens with one attached hydrogen (secondary N) is 1. The average molecular weight is 704 g/mol. The molecule has 1 atom stereocenters. The Morgan fingerprint density at radius 2 is 1.65 bits per heavy atom. The molecule has 1 aliphatic heterocycles. The van der Waals surface area contributed by atoms with Crippen molar-refractivity contribution >= 4 is 24.0 Å². The lowest BCUT2D eigenvalue weighted by molar-refractivity contribution is -0.238. The minimum atomic E-state index is -2.43. The van der Waals surface area contributed by atoms with Gasteiger partial charge in [-0.3, -0.25) is 0 Å². The van der Waals surface area contributed by atoms with Gasteiger partial charge in [-0.1, -0.05) is 37.1 Å². The molecule has 3 N–H and O–H groups in total. The normalized spacial score (nSPS) is 14.7. The van der Waals surface area contributed by atoms with Gasteiger partial charge in [-0.25, -0.2) is 18.4 Å². The van der Waals surface area contributed by atoms with Gasteiger partial charge in [-0.05, 0) is 95.3 Å². The van der Waals surface area contributed by atoms with E-state index in [0.29, 0.717) is 35.1 Å². The second-order valence-electron chi connectivity index (χ2n) is 13.4. The molecule has 0 bridgehead atoms. The molecule has 1 aliphatic rings. The summed E-state index contributed by atoms with van der Waals surface area (Å²) >= 11 is 1.26. The Kier molecular flexibility index (Phi) is 11.8. The van der Waals surface area contributed by atoms with Crippen LogP contribution in [0.3, 0.4) is 0 Å². The highest BCUT2D eigenvalue weighted by Gasteiger charge is 2.38. The van der Waals surface area contributed by atoms with E-state index in [1.165, 1.54) is 28.4 Å². The lowest BCUT2D eigenvalue weighted by atomic mass is 9.99. The van der Waals surface area contributed by atoms with Crippen LogP contribution in [-0.4, -0.2) is 61.2 Å². The number of pyridine rings is 1. The van der Waals surface area contributed by atoms with Crippen LogP contribution in [0.15, 0.2) is 48.5 Å². The van der Waals surface area contributed by atoms with Gasteiger partial charge in [0.15, 0.2) is 17.7 Å². The number of aliphatic hydroxyl groups is 2. The summed E-state index contributed by atoms with van der Waals surface area (Å²) in [6, 6.07) is 12.0. The van der Waals surface area contributed by atoms with Crippen LogP contribution in [0.25, 0.3) is 11.1 Å². The van der Waals surface area contributed by atoms with Gasteiger partial charge in [0.25, 0.3) is 17.7 Å². The fraction of sp³-hybridized carbons (Fsp3) is 0.457. The van der Waals surface area contributed by atoms with Crippen LogP contribution in [0.2, 0.25) is 0 Å². The zero-order chi connectivity index (χ0) is 36.1.